The zero-order valence-corrected chi connectivity index (χ0v) is 10.3. The Morgan fingerprint density at radius 3 is 2.69 bits per heavy atom. The van der Waals surface area contributed by atoms with Crippen LogP contribution >= 0.6 is 11.6 Å². The van der Waals surface area contributed by atoms with Crippen LogP contribution in [0.3, 0.4) is 0 Å². The summed E-state index contributed by atoms with van der Waals surface area (Å²) < 4.78 is 12.9. The molecule has 0 aliphatic carbocycles. The van der Waals surface area contributed by atoms with Crippen LogP contribution in [0.4, 0.5) is 4.39 Å². The number of carbonyl (C=O) groups excluding carboxylic acids is 1. The standard InChI is InChI=1S/C11H14ClFN2O/c1-11(2,7-12)15(3)10(16)8-4-9(13)6-14-5-8/h4-6H,7H2,1-3H3. The molecule has 1 heterocycles. The predicted molar refractivity (Wildman–Crippen MR) is 61.1 cm³/mol. The van der Waals surface area contributed by atoms with Gasteiger partial charge in [-0.15, -0.1) is 11.6 Å². The fraction of sp³-hybridized carbons (Fsp3) is 0.455. The summed E-state index contributed by atoms with van der Waals surface area (Å²) in [6.45, 7) is 3.68. The van der Waals surface area contributed by atoms with Crippen molar-refractivity contribution in [2.24, 2.45) is 0 Å². The number of alkyl halides is 1. The number of aromatic nitrogens is 1. The van der Waals surface area contributed by atoms with Crippen molar-refractivity contribution in [3.05, 3.63) is 29.8 Å². The summed E-state index contributed by atoms with van der Waals surface area (Å²) in [6.07, 6.45) is 2.40. The van der Waals surface area contributed by atoms with E-state index in [-0.39, 0.29) is 11.5 Å². The Bertz CT molecular complexity index is 395. The van der Waals surface area contributed by atoms with Crippen LogP contribution in [0.5, 0.6) is 0 Å². The molecule has 0 spiro atoms. The van der Waals surface area contributed by atoms with Crippen LogP contribution in [-0.2, 0) is 0 Å². The molecule has 0 fully saturated rings. The Hall–Kier alpha value is -1.16. The van der Waals surface area contributed by atoms with E-state index in [1.807, 2.05) is 13.8 Å². The van der Waals surface area contributed by atoms with Gasteiger partial charge in [0.25, 0.3) is 5.91 Å². The third-order valence-electron chi connectivity index (χ3n) is 2.49. The average molecular weight is 245 g/mol. The van der Waals surface area contributed by atoms with Crippen LogP contribution in [0.2, 0.25) is 0 Å². The van der Waals surface area contributed by atoms with Crippen LogP contribution in [-0.4, -0.2) is 34.3 Å². The number of nitrogens with zero attached hydrogens (tertiary/aromatic N) is 2. The Labute approximate surface area is 99.2 Å². The van der Waals surface area contributed by atoms with Crippen molar-refractivity contribution in [2.45, 2.75) is 19.4 Å². The maximum Gasteiger partial charge on any atom is 0.255 e. The highest BCUT2D eigenvalue weighted by Gasteiger charge is 2.27. The van der Waals surface area contributed by atoms with Crippen LogP contribution < -0.4 is 0 Å². The quantitative estimate of drug-likeness (QED) is 0.765. The van der Waals surface area contributed by atoms with Gasteiger partial charge >= 0.3 is 0 Å². The first kappa shape index (κ1) is 12.9. The van der Waals surface area contributed by atoms with Crippen molar-refractivity contribution in [1.29, 1.82) is 0 Å². The van der Waals surface area contributed by atoms with Crippen molar-refractivity contribution in [2.75, 3.05) is 12.9 Å². The van der Waals surface area contributed by atoms with Crippen LogP contribution in [0.15, 0.2) is 18.5 Å². The maximum atomic E-state index is 12.9. The molecule has 0 aromatic carbocycles. The number of amides is 1. The minimum atomic E-state index is -0.525. The first-order valence-corrected chi connectivity index (χ1v) is 5.36. The van der Waals surface area contributed by atoms with Gasteiger partial charge in [0, 0.05) is 19.1 Å². The minimum absolute atomic E-state index is 0.223. The summed E-state index contributed by atoms with van der Waals surface area (Å²) in [5.74, 6) is -0.515. The fourth-order valence-electron chi connectivity index (χ4n) is 1.09. The lowest BCUT2D eigenvalue weighted by atomic mass is 10.1. The third kappa shape index (κ3) is 2.70. The van der Waals surface area contributed by atoms with Gasteiger partial charge in [0.1, 0.15) is 5.82 Å². The average Bonchev–Trinajstić information content (AvgIpc) is 2.27. The normalized spacial score (nSPS) is 11.3. The van der Waals surface area contributed by atoms with Crippen LogP contribution in [0.25, 0.3) is 0 Å². The van der Waals surface area contributed by atoms with Crippen molar-refractivity contribution >= 4 is 17.5 Å². The number of halogens is 2. The van der Waals surface area contributed by atoms with Gasteiger partial charge in [0.15, 0.2) is 0 Å². The van der Waals surface area contributed by atoms with E-state index in [0.717, 1.165) is 12.3 Å². The highest BCUT2D eigenvalue weighted by atomic mass is 35.5. The number of pyridine rings is 1. The van der Waals surface area contributed by atoms with E-state index in [2.05, 4.69) is 4.98 Å². The molecule has 1 aromatic rings. The third-order valence-corrected chi connectivity index (χ3v) is 3.15. The summed E-state index contributed by atoms with van der Waals surface area (Å²) in [6, 6.07) is 1.16. The molecule has 0 unspecified atom stereocenters. The molecule has 3 nitrogen and oxygen atoms in total. The lowest BCUT2D eigenvalue weighted by Crippen LogP contribution is -2.46. The van der Waals surface area contributed by atoms with Crippen molar-refractivity contribution < 1.29 is 9.18 Å². The summed E-state index contributed by atoms with van der Waals surface area (Å²) in [7, 11) is 1.63. The Balaban J connectivity index is 2.95. The van der Waals surface area contributed by atoms with Gasteiger partial charge in [-0.25, -0.2) is 4.39 Å². The van der Waals surface area contributed by atoms with Gasteiger partial charge in [0.2, 0.25) is 0 Å². The van der Waals surface area contributed by atoms with Gasteiger partial charge in [-0.05, 0) is 19.9 Å². The van der Waals surface area contributed by atoms with E-state index in [4.69, 9.17) is 11.6 Å². The molecular weight excluding hydrogens is 231 g/mol. The van der Waals surface area contributed by atoms with Gasteiger partial charge < -0.3 is 4.90 Å². The second-order valence-electron chi connectivity index (χ2n) is 4.20. The highest BCUT2D eigenvalue weighted by Crippen LogP contribution is 2.17. The Morgan fingerprint density at radius 2 is 2.19 bits per heavy atom. The largest absolute Gasteiger partial charge is 0.335 e. The molecule has 0 atom stereocenters. The molecule has 88 valence electrons. The summed E-state index contributed by atoms with van der Waals surface area (Å²) in [5, 5.41) is 0. The molecule has 16 heavy (non-hydrogen) atoms. The number of carbonyl (C=O) groups is 1. The minimum Gasteiger partial charge on any atom is -0.335 e. The summed E-state index contributed by atoms with van der Waals surface area (Å²) in [4.78, 5) is 17.1. The van der Waals surface area contributed by atoms with E-state index >= 15 is 0 Å². The van der Waals surface area contributed by atoms with E-state index < -0.39 is 11.4 Å². The Morgan fingerprint density at radius 1 is 1.56 bits per heavy atom. The number of rotatable bonds is 3. The highest BCUT2D eigenvalue weighted by molar-refractivity contribution is 6.18. The lowest BCUT2D eigenvalue weighted by Gasteiger charge is -2.33. The molecule has 0 radical (unpaired) electrons. The zero-order chi connectivity index (χ0) is 12.3. The molecule has 0 N–H and O–H groups in total. The molecule has 1 rings (SSSR count). The van der Waals surface area contributed by atoms with Gasteiger partial charge in [-0.3, -0.25) is 9.78 Å². The lowest BCUT2D eigenvalue weighted by molar-refractivity contribution is 0.0659. The number of hydrogen-bond acceptors (Lipinski definition) is 2. The second kappa shape index (κ2) is 4.78. The molecule has 5 heteroatoms. The molecule has 0 aliphatic rings. The predicted octanol–water partition coefficient (Wildman–Crippen LogP) is 2.31. The van der Waals surface area contributed by atoms with Crippen molar-refractivity contribution in [3.63, 3.8) is 0 Å². The second-order valence-corrected chi connectivity index (χ2v) is 4.47. The SMILES string of the molecule is CN(C(=O)c1cncc(F)c1)C(C)(C)CCl. The summed E-state index contributed by atoms with van der Waals surface area (Å²) >= 11 is 5.77. The van der Waals surface area contributed by atoms with Gasteiger partial charge in [0.05, 0.1) is 17.3 Å². The maximum absolute atomic E-state index is 12.9. The monoisotopic (exact) mass is 244 g/mol. The van der Waals surface area contributed by atoms with Gasteiger partial charge in [-0.1, -0.05) is 0 Å². The van der Waals surface area contributed by atoms with E-state index in [1.165, 1.54) is 11.1 Å². The molecule has 1 amide bonds. The van der Waals surface area contributed by atoms with E-state index in [0.29, 0.717) is 5.88 Å². The molecular formula is C11H14ClFN2O. The molecule has 0 saturated carbocycles. The first-order valence-electron chi connectivity index (χ1n) is 4.83. The van der Waals surface area contributed by atoms with Crippen LogP contribution in [0, 0.1) is 5.82 Å². The van der Waals surface area contributed by atoms with Crippen LogP contribution in [0.1, 0.15) is 24.2 Å². The molecule has 0 saturated heterocycles. The topological polar surface area (TPSA) is 33.2 Å². The van der Waals surface area contributed by atoms with Crippen molar-refractivity contribution in [3.8, 4) is 0 Å². The molecule has 0 aliphatic heterocycles. The Kier molecular flexibility index (Phi) is 3.86. The molecule has 0 bridgehead atoms. The van der Waals surface area contributed by atoms with Crippen molar-refractivity contribution in [1.82, 2.24) is 9.88 Å². The first-order chi connectivity index (χ1) is 7.38. The fourth-order valence-corrected chi connectivity index (χ4v) is 1.27. The zero-order valence-electron chi connectivity index (χ0n) is 9.50. The number of hydrogen-bond donors (Lipinski definition) is 0. The van der Waals surface area contributed by atoms with E-state index in [9.17, 15) is 9.18 Å². The smallest absolute Gasteiger partial charge is 0.255 e. The van der Waals surface area contributed by atoms with E-state index in [1.54, 1.807) is 7.05 Å². The molecule has 1 aromatic heterocycles. The van der Waals surface area contributed by atoms with Gasteiger partial charge in [-0.2, -0.15) is 0 Å². The summed E-state index contributed by atoms with van der Waals surface area (Å²) in [5.41, 5.74) is -0.258.